The summed E-state index contributed by atoms with van der Waals surface area (Å²) in [6.07, 6.45) is 5.33. The van der Waals surface area contributed by atoms with E-state index in [2.05, 4.69) is 66.5 Å². The number of carbonyl (C=O) groups is 1. The number of carboxylic acid groups (broad SMARTS) is 1. The van der Waals surface area contributed by atoms with Gasteiger partial charge in [-0.25, -0.2) is 4.79 Å². The molecule has 1 fully saturated rings. The number of nitrogens with zero attached hydrogens (tertiary/aromatic N) is 1. The van der Waals surface area contributed by atoms with E-state index in [0.29, 0.717) is 12.0 Å². The molecule has 0 aromatic heterocycles. The first kappa shape index (κ1) is 32.3. The molecule has 0 radical (unpaired) electrons. The standard InChI is InChI=1S/C35H39FN2O3.2CH4/c1-35(2)21-27-20-25(10-14-32(27)37-35)30-6-3-5-24-19-26(34(39)40)9-13-31(24)33(30)23-7-11-28(12-8-23)41-29-15-18-38(22-29)17-4-16-36;;/h7-14,19-20,29,37H,3-6,15-18,21-22H2,1-2H3,(H,39,40);2*1H4/t29-;;/m0../s1. The summed E-state index contributed by atoms with van der Waals surface area (Å²) < 4.78 is 18.9. The lowest BCUT2D eigenvalue weighted by molar-refractivity contribution is 0.0696. The number of halogens is 1. The molecule has 2 heterocycles. The van der Waals surface area contributed by atoms with Gasteiger partial charge in [-0.15, -0.1) is 0 Å². The first-order valence-electron chi connectivity index (χ1n) is 14.9. The van der Waals surface area contributed by atoms with Gasteiger partial charge in [0.05, 0.1) is 12.2 Å². The number of hydrogen-bond donors (Lipinski definition) is 2. The van der Waals surface area contributed by atoms with Crippen LogP contribution in [-0.2, 0) is 12.8 Å². The molecule has 0 saturated carbocycles. The lowest BCUT2D eigenvalue weighted by atomic mass is 9.86. The molecular weight excluding hydrogens is 539 g/mol. The second-order valence-corrected chi connectivity index (χ2v) is 12.3. The molecule has 3 aromatic rings. The van der Waals surface area contributed by atoms with Gasteiger partial charge in [0, 0.05) is 30.9 Å². The van der Waals surface area contributed by atoms with Crippen LogP contribution >= 0.6 is 0 Å². The second-order valence-electron chi connectivity index (χ2n) is 12.3. The van der Waals surface area contributed by atoms with Crippen molar-refractivity contribution in [3.05, 3.63) is 94.0 Å². The van der Waals surface area contributed by atoms with Crippen LogP contribution in [0.3, 0.4) is 0 Å². The number of alkyl halides is 1. The number of ether oxygens (including phenoxy) is 1. The normalized spacial score (nSPS) is 18.9. The molecule has 3 aliphatic rings. The third kappa shape index (κ3) is 6.96. The molecule has 1 atom stereocenters. The van der Waals surface area contributed by atoms with E-state index >= 15 is 0 Å². The van der Waals surface area contributed by atoms with Crippen LogP contribution in [0.5, 0.6) is 5.75 Å². The van der Waals surface area contributed by atoms with Gasteiger partial charge in [0.2, 0.25) is 0 Å². The fourth-order valence-corrected chi connectivity index (χ4v) is 6.75. The number of fused-ring (bicyclic) bond motifs is 2. The van der Waals surface area contributed by atoms with Crippen molar-refractivity contribution >= 4 is 22.8 Å². The molecule has 0 spiro atoms. The summed E-state index contributed by atoms with van der Waals surface area (Å²) in [6.45, 7) is 6.75. The van der Waals surface area contributed by atoms with E-state index in [1.54, 1.807) is 6.07 Å². The van der Waals surface area contributed by atoms with E-state index in [4.69, 9.17) is 4.74 Å². The fourth-order valence-electron chi connectivity index (χ4n) is 6.75. The van der Waals surface area contributed by atoms with Crippen molar-refractivity contribution in [3.63, 3.8) is 0 Å². The molecular formula is C37H47FN2O3. The molecule has 2 aliphatic heterocycles. The molecule has 5 nitrogen and oxygen atoms in total. The Morgan fingerprint density at radius 1 is 1.02 bits per heavy atom. The Bertz CT molecular complexity index is 1480. The summed E-state index contributed by atoms with van der Waals surface area (Å²) >= 11 is 0. The van der Waals surface area contributed by atoms with E-state index in [1.165, 1.54) is 28.0 Å². The van der Waals surface area contributed by atoms with Crippen molar-refractivity contribution in [2.75, 3.05) is 31.6 Å². The van der Waals surface area contributed by atoms with Gasteiger partial charge in [-0.1, -0.05) is 39.1 Å². The van der Waals surface area contributed by atoms with Crippen molar-refractivity contribution in [2.45, 2.75) is 78.9 Å². The average Bonchev–Trinajstić information content (AvgIpc) is 3.47. The van der Waals surface area contributed by atoms with Crippen molar-refractivity contribution in [3.8, 4) is 5.75 Å². The zero-order chi connectivity index (χ0) is 28.6. The summed E-state index contributed by atoms with van der Waals surface area (Å²) in [4.78, 5) is 14.0. The number of allylic oxidation sites excluding steroid dienone is 1. The van der Waals surface area contributed by atoms with Crippen LogP contribution in [0.1, 0.15) is 92.6 Å². The molecule has 230 valence electrons. The molecule has 6 rings (SSSR count). The number of aryl methyl sites for hydroxylation is 1. The maximum absolute atomic E-state index is 12.6. The van der Waals surface area contributed by atoms with E-state index in [0.717, 1.165) is 74.2 Å². The van der Waals surface area contributed by atoms with Crippen molar-refractivity contribution in [2.24, 2.45) is 0 Å². The number of likely N-dealkylation sites (tertiary alicyclic amines) is 1. The number of hydrogen-bond acceptors (Lipinski definition) is 4. The SMILES string of the molecule is C.C.CC1(C)Cc2cc(C3=C(c4ccc(O[C@H]5CCN(CCCF)C5)cc4)c4ccc(C(=O)O)cc4CCC3)ccc2N1. The fraction of sp³-hybridized carbons (Fsp3) is 0.432. The highest BCUT2D eigenvalue weighted by Gasteiger charge is 2.29. The van der Waals surface area contributed by atoms with Gasteiger partial charge in [-0.05, 0) is 128 Å². The van der Waals surface area contributed by atoms with Crippen LogP contribution < -0.4 is 10.1 Å². The molecule has 1 aliphatic carbocycles. The minimum atomic E-state index is -0.895. The minimum Gasteiger partial charge on any atom is -0.489 e. The summed E-state index contributed by atoms with van der Waals surface area (Å²) in [5, 5.41) is 13.3. The largest absolute Gasteiger partial charge is 0.489 e. The molecule has 0 bridgehead atoms. The molecule has 6 heteroatoms. The minimum absolute atomic E-state index is 0. The predicted octanol–water partition coefficient (Wildman–Crippen LogP) is 8.51. The van der Waals surface area contributed by atoms with Crippen LogP contribution in [0, 0.1) is 0 Å². The Morgan fingerprint density at radius 3 is 2.53 bits per heavy atom. The predicted molar refractivity (Wildman–Crippen MR) is 176 cm³/mol. The highest BCUT2D eigenvalue weighted by molar-refractivity contribution is 6.01. The molecule has 0 amide bonds. The zero-order valence-electron chi connectivity index (χ0n) is 24.0. The van der Waals surface area contributed by atoms with E-state index in [1.807, 2.05) is 12.1 Å². The Balaban J connectivity index is 0.00000212. The molecule has 1 saturated heterocycles. The Hall–Kier alpha value is -3.64. The smallest absolute Gasteiger partial charge is 0.335 e. The third-order valence-electron chi connectivity index (χ3n) is 8.64. The zero-order valence-corrected chi connectivity index (χ0v) is 24.0. The van der Waals surface area contributed by atoms with Gasteiger partial charge >= 0.3 is 5.97 Å². The van der Waals surface area contributed by atoms with Crippen LogP contribution in [0.4, 0.5) is 10.1 Å². The van der Waals surface area contributed by atoms with E-state index in [-0.39, 0.29) is 33.2 Å². The quantitative estimate of drug-likeness (QED) is 0.277. The van der Waals surface area contributed by atoms with E-state index < -0.39 is 5.97 Å². The first-order chi connectivity index (χ1) is 19.8. The number of rotatable bonds is 8. The number of anilines is 1. The van der Waals surface area contributed by atoms with Crippen LogP contribution in [0.15, 0.2) is 60.7 Å². The average molecular weight is 587 g/mol. The Morgan fingerprint density at radius 2 is 1.79 bits per heavy atom. The topological polar surface area (TPSA) is 61.8 Å². The summed E-state index contributed by atoms with van der Waals surface area (Å²) in [7, 11) is 0. The molecule has 43 heavy (non-hydrogen) atoms. The number of nitrogens with one attached hydrogen (secondary N) is 1. The first-order valence-corrected chi connectivity index (χ1v) is 14.9. The van der Waals surface area contributed by atoms with Gasteiger partial charge in [-0.3, -0.25) is 9.29 Å². The van der Waals surface area contributed by atoms with Crippen LogP contribution in [0.2, 0.25) is 0 Å². The second kappa shape index (κ2) is 13.3. The lowest BCUT2D eigenvalue weighted by Gasteiger charge is -2.19. The van der Waals surface area contributed by atoms with Gasteiger partial charge in [0.1, 0.15) is 11.9 Å². The number of benzene rings is 3. The maximum Gasteiger partial charge on any atom is 0.335 e. The van der Waals surface area contributed by atoms with Crippen LogP contribution in [0.25, 0.3) is 11.1 Å². The molecule has 3 aromatic carbocycles. The molecule has 2 N–H and O–H groups in total. The van der Waals surface area contributed by atoms with Crippen molar-refractivity contribution in [1.29, 1.82) is 0 Å². The highest BCUT2D eigenvalue weighted by atomic mass is 19.1. The summed E-state index contributed by atoms with van der Waals surface area (Å²) in [5.74, 6) is -0.0534. The third-order valence-corrected chi connectivity index (χ3v) is 8.64. The Labute approximate surface area is 256 Å². The summed E-state index contributed by atoms with van der Waals surface area (Å²) in [5.41, 5.74) is 9.91. The van der Waals surface area contributed by atoms with Crippen molar-refractivity contribution in [1.82, 2.24) is 4.90 Å². The monoisotopic (exact) mass is 586 g/mol. The van der Waals surface area contributed by atoms with Gasteiger partial charge in [0.25, 0.3) is 0 Å². The Kier molecular flexibility index (Phi) is 10.0. The van der Waals surface area contributed by atoms with E-state index in [9.17, 15) is 14.3 Å². The molecule has 0 unspecified atom stereocenters. The highest BCUT2D eigenvalue weighted by Crippen LogP contribution is 2.42. The number of aromatic carboxylic acids is 1. The van der Waals surface area contributed by atoms with Gasteiger partial charge in [0.15, 0.2) is 0 Å². The summed E-state index contributed by atoms with van der Waals surface area (Å²) in [6, 6.07) is 20.7. The number of carboxylic acids is 1. The van der Waals surface area contributed by atoms with Crippen molar-refractivity contribution < 1.29 is 19.0 Å². The lowest BCUT2D eigenvalue weighted by Crippen LogP contribution is -2.26. The van der Waals surface area contributed by atoms with Gasteiger partial charge < -0.3 is 15.2 Å². The maximum atomic E-state index is 12.6. The van der Waals surface area contributed by atoms with Gasteiger partial charge in [-0.2, -0.15) is 0 Å². The van der Waals surface area contributed by atoms with Crippen LogP contribution in [-0.4, -0.2) is 53.9 Å².